The maximum atomic E-state index is 13.3. The third-order valence-electron chi connectivity index (χ3n) is 8.99. The Balaban J connectivity index is 1.78. The van der Waals surface area contributed by atoms with Crippen LogP contribution in [0.3, 0.4) is 0 Å². The Bertz CT molecular complexity index is 928. The third-order valence-corrected chi connectivity index (χ3v) is 9.35. The molecular weight excluding hydrogens is 467 g/mol. The topological polar surface area (TPSA) is 89.9 Å². The highest BCUT2D eigenvalue weighted by molar-refractivity contribution is 6.53. The van der Waals surface area contributed by atoms with Crippen molar-refractivity contribution in [3.05, 3.63) is 23.8 Å². The van der Waals surface area contributed by atoms with E-state index in [1.165, 1.54) is 0 Å². The zero-order chi connectivity index (χ0) is 24.3. The molecule has 33 heavy (non-hydrogen) atoms. The van der Waals surface area contributed by atoms with Crippen molar-refractivity contribution in [2.75, 3.05) is 6.61 Å². The molecule has 0 bridgehead atoms. The molecule has 0 aromatic rings. The number of alkyl halides is 2. The standard InChI is InChI=1S/C25H32Cl2O6/c1-5-32-22(31)25(33-21(30)20(26)27)9-7-16-15-10-13(2)17-11-14(28)6-8-23(17,3)19(15)18(29)12-24(16,25)4/h6,8,11,13,15-16,18-20,29H,5,7,9-10,12H2,1-4H3/t13-,15-,16-,18-,19+,23-,24-,25-/m0/s1. The number of carbonyl (C=O) groups excluding carboxylic acids is 3. The molecule has 8 atom stereocenters. The number of aliphatic hydroxyl groups is 1. The van der Waals surface area contributed by atoms with Crippen LogP contribution >= 0.6 is 23.2 Å². The summed E-state index contributed by atoms with van der Waals surface area (Å²) in [6.45, 7) is 7.98. The minimum atomic E-state index is -1.56. The van der Waals surface area contributed by atoms with E-state index in [-0.39, 0.29) is 48.9 Å². The Labute approximate surface area is 204 Å². The van der Waals surface area contributed by atoms with Gasteiger partial charge in [0.15, 0.2) is 5.78 Å². The lowest BCUT2D eigenvalue weighted by molar-refractivity contribution is -0.212. The first-order chi connectivity index (χ1) is 15.4. The van der Waals surface area contributed by atoms with Gasteiger partial charge in [0.2, 0.25) is 10.4 Å². The smallest absolute Gasteiger partial charge is 0.351 e. The van der Waals surface area contributed by atoms with Crippen molar-refractivity contribution >= 4 is 40.9 Å². The van der Waals surface area contributed by atoms with Gasteiger partial charge in [-0.15, -0.1) is 0 Å². The first-order valence-corrected chi connectivity index (χ1v) is 12.6. The molecule has 0 aromatic heterocycles. The number of allylic oxidation sites excluding steroid dienone is 4. The molecule has 0 amide bonds. The Morgan fingerprint density at radius 1 is 1.30 bits per heavy atom. The number of ketones is 1. The van der Waals surface area contributed by atoms with Gasteiger partial charge in [0.05, 0.1) is 12.7 Å². The molecule has 1 N–H and O–H groups in total. The van der Waals surface area contributed by atoms with E-state index in [1.807, 2.05) is 13.0 Å². The minimum Gasteiger partial charge on any atom is -0.463 e. The van der Waals surface area contributed by atoms with E-state index in [4.69, 9.17) is 32.7 Å². The van der Waals surface area contributed by atoms with Crippen LogP contribution in [0.25, 0.3) is 0 Å². The summed E-state index contributed by atoms with van der Waals surface area (Å²) in [4.78, 5) is 36.5. The van der Waals surface area contributed by atoms with Crippen LogP contribution in [-0.2, 0) is 23.9 Å². The van der Waals surface area contributed by atoms with Gasteiger partial charge in [0.25, 0.3) is 0 Å². The molecule has 8 heteroatoms. The Morgan fingerprint density at radius 3 is 2.64 bits per heavy atom. The SMILES string of the molecule is CCOC(=O)[C@@]1(OC(=O)C(Cl)Cl)CC[C@H]2[C@@H]3C[C@H](C)C4=CC(=O)C=C[C@]4(C)[C@H]3[C@@H](O)C[C@@]21C. The number of rotatable bonds is 4. The van der Waals surface area contributed by atoms with Gasteiger partial charge < -0.3 is 14.6 Å². The van der Waals surface area contributed by atoms with Gasteiger partial charge in [-0.3, -0.25) is 4.79 Å². The molecule has 182 valence electrons. The molecule has 0 saturated heterocycles. The van der Waals surface area contributed by atoms with Crippen molar-refractivity contribution in [2.24, 2.45) is 34.5 Å². The van der Waals surface area contributed by atoms with Crippen LogP contribution in [0.2, 0.25) is 0 Å². The van der Waals surface area contributed by atoms with Crippen LogP contribution in [0.4, 0.5) is 0 Å². The van der Waals surface area contributed by atoms with Crippen molar-refractivity contribution in [1.82, 2.24) is 0 Å². The monoisotopic (exact) mass is 498 g/mol. The second-order valence-corrected chi connectivity index (χ2v) is 11.6. The molecule has 0 unspecified atom stereocenters. The fraction of sp³-hybridized carbons (Fsp3) is 0.720. The first kappa shape index (κ1) is 24.7. The van der Waals surface area contributed by atoms with E-state index in [0.29, 0.717) is 6.42 Å². The third kappa shape index (κ3) is 3.51. The minimum absolute atomic E-state index is 0.0130. The highest BCUT2D eigenvalue weighted by Crippen LogP contribution is 2.68. The molecule has 4 rings (SSSR count). The molecule has 3 saturated carbocycles. The van der Waals surface area contributed by atoms with Crippen LogP contribution in [-0.4, -0.2) is 46.0 Å². The normalized spacial score (nSPS) is 43.9. The molecule has 0 radical (unpaired) electrons. The molecule has 0 aromatic carbocycles. The van der Waals surface area contributed by atoms with E-state index >= 15 is 0 Å². The first-order valence-electron chi connectivity index (χ1n) is 11.7. The summed E-state index contributed by atoms with van der Waals surface area (Å²) in [5, 5.41) is 11.6. The number of fused-ring (bicyclic) bond motifs is 5. The molecular formula is C25H32Cl2O6. The van der Waals surface area contributed by atoms with Gasteiger partial charge in [0, 0.05) is 16.7 Å². The van der Waals surface area contributed by atoms with Crippen LogP contribution < -0.4 is 0 Å². The summed E-state index contributed by atoms with van der Waals surface area (Å²) in [5.41, 5.74) is -1.78. The summed E-state index contributed by atoms with van der Waals surface area (Å²) in [6.07, 6.45) is 6.49. The van der Waals surface area contributed by atoms with E-state index in [0.717, 1.165) is 12.0 Å². The molecule has 0 spiro atoms. The number of hydrogen-bond acceptors (Lipinski definition) is 6. The largest absolute Gasteiger partial charge is 0.463 e. The van der Waals surface area contributed by atoms with Crippen molar-refractivity contribution in [1.29, 1.82) is 0 Å². The number of carbonyl (C=O) groups is 3. The Kier molecular flexibility index (Phi) is 6.29. The second kappa shape index (κ2) is 8.39. The number of esters is 2. The summed E-state index contributed by atoms with van der Waals surface area (Å²) >= 11 is 11.6. The van der Waals surface area contributed by atoms with E-state index in [2.05, 4.69) is 13.8 Å². The maximum Gasteiger partial charge on any atom is 0.351 e. The van der Waals surface area contributed by atoms with E-state index in [9.17, 15) is 19.5 Å². The van der Waals surface area contributed by atoms with E-state index in [1.54, 1.807) is 19.1 Å². The molecule has 0 aliphatic heterocycles. The predicted octanol–water partition coefficient (Wildman–Crippen LogP) is 4.16. The number of aliphatic hydroxyl groups excluding tert-OH is 1. The Hall–Kier alpha value is -1.37. The summed E-state index contributed by atoms with van der Waals surface area (Å²) in [7, 11) is 0. The molecule has 3 fully saturated rings. The lowest BCUT2D eigenvalue weighted by atomic mass is 9.45. The molecule has 6 nitrogen and oxygen atoms in total. The number of hydrogen-bond donors (Lipinski definition) is 1. The van der Waals surface area contributed by atoms with Crippen LogP contribution in [0.1, 0.15) is 53.4 Å². The lowest BCUT2D eigenvalue weighted by Gasteiger charge is -2.60. The summed E-state index contributed by atoms with van der Waals surface area (Å²) < 4.78 is 11.2. The number of ether oxygens (including phenoxy) is 2. The zero-order valence-corrected chi connectivity index (χ0v) is 21.0. The van der Waals surface area contributed by atoms with Crippen molar-refractivity contribution in [3.8, 4) is 0 Å². The van der Waals surface area contributed by atoms with Gasteiger partial charge in [-0.05, 0) is 62.5 Å². The lowest BCUT2D eigenvalue weighted by Crippen LogP contribution is -2.63. The van der Waals surface area contributed by atoms with Crippen molar-refractivity contribution in [3.63, 3.8) is 0 Å². The van der Waals surface area contributed by atoms with Crippen molar-refractivity contribution in [2.45, 2.75) is 69.9 Å². The average Bonchev–Trinajstić information content (AvgIpc) is 3.02. The average molecular weight is 499 g/mol. The van der Waals surface area contributed by atoms with Crippen LogP contribution in [0, 0.1) is 34.5 Å². The fourth-order valence-corrected chi connectivity index (χ4v) is 7.84. The van der Waals surface area contributed by atoms with Gasteiger partial charge in [-0.25, -0.2) is 9.59 Å². The van der Waals surface area contributed by atoms with Crippen LogP contribution in [0.5, 0.6) is 0 Å². The van der Waals surface area contributed by atoms with Crippen LogP contribution in [0.15, 0.2) is 23.8 Å². The highest BCUT2D eigenvalue weighted by atomic mass is 35.5. The maximum absolute atomic E-state index is 13.3. The van der Waals surface area contributed by atoms with Gasteiger partial charge in [-0.1, -0.05) is 55.6 Å². The molecule has 4 aliphatic rings. The van der Waals surface area contributed by atoms with E-state index < -0.39 is 39.3 Å². The summed E-state index contributed by atoms with van der Waals surface area (Å²) in [6, 6.07) is 0. The van der Waals surface area contributed by atoms with Gasteiger partial charge in [-0.2, -0.15) is 0 Å². The fourth-order valence-electron chi connectivity index (χ4n) is 7.75. The summed E-state index contributed by atoms with van der Waals surface area (Å²) in [5.74, 6) is -1.38. The zero-order valence-electron chi connectivity index (χ0n) is 19.5. The predicted molar refractivity (Wildman–Crippen MR) is 124 cm³/mol. The highest BCUT2D eigenvalue weighted by Gasteiger charge is 2.71. The molecule has 0 heterocycles. The quantitative estimate of drug-likeness (QED) is 0.462. The Morgan fingerprint density at radius 2 is 2.00 bits per heavy atom. The molecule has 4 aliphatic carbocycles. The number of halogens is 2. The van der Waals surface area contributed by atoms with Crippen molar-refractivity contribution < 1.29 is 29.0 Å². The van der Waals surface area contributed by atoms with Gasteiger partial charge in [0.1, 0.15) is 0 Å². The second-order valence-electron chi connectivity index (χ2n) is 10.5. The van der Waals surface area contributed by atoms with Gasteiger partial charge >= 0.3 is 11.9 Å².